The first-order valence-corrected chi connectivity index (χ1v) is 10.8. The molecule has 0 atom stereocenters. The van der Waals surface area contributed by atoms with Crippen LogP contribution in [0.4, 0.5) is 4.79 Å². The first-order chi connectivity index (χ1) is 14.6. The summed E-state index contributed by atoms with van der Waals surface area (Å²) < 4.78 is 15.7. The predicted molar refractivity (Wildman–Crippen MR) is 119 cm³/mol. The lowest BCUT2D eigenvalue weighted by atomic mass is 10.1. The number of piperidine rings is 1. The SMILES string of the molecule is CCNC(=NCCCc1ccc(OC)c(OC)c1)NC1CCN(C(=O)OCC)CC1. The number of ether oxygens (including phenoxy) is 3. The van der Waals surface area contributed by atoms with Gasteiger partial charge in [0.25, 0.3) is 0 Å². The zero-order chi connectivity index (χ0) is 21.8. The summed E-state index contributed by atoms with van der Waals surface area (Å²) >= 11 is 0. The van der Waals surface area contributed by atoms with Crippen molar-refractivity contribution in [3.63, 3.8) is 0 Å². The minimum absolute atomic E-state index is 0.216. The predicted octanol–water partition coefficient (Wildman–Crippen LogP) is 2.81. The lowest BCUT2D eigenvalue weighted by molar-refractivity contribution is 0.0963. The maximum Gasteiger partial charge on any atom is 0.409 e. The first kappa shape index (κ1) is 23.6. The van der Waals surface area contributed by atoms with E-state index in [1.807, 2.05) is 19.1 Å². The average molecular weight is 421 g/mol. The minimum Gasteiger partial charge on any atom is -0.493 e. The number of nitrogens with zero attached hydrogens (tertiary/aromatic N) is 2. The molecule has 1 fully saturated rings. The van der Waals surface area contributed by atoms with Crippen LogP contribution >= 0.6 is 0 Å². The third-order valence-electron chi connectivity index (χ3n) is 5.05. The molecular weight excluding hydrogens is 384 g/mol. The Balaban J connectivity index is 1.80. The summed E-state index contributed by atoms with van der Waals surface area (Å²) in [6.45, 7) is 7.25. The fraction of sp³-hybridized carbons (Fsp3) is 0.636. The molecule has 0 aliphatic carbocycles. The van der Waals surface area contributed by atoms with Crippen LogP contribution in [-0.2, 0) is 11.2 Å². The van der Waals surface area contributed by atoms with Crippen molar-refractivity contribution in [1.82, 2.24) is 15.5 Å². The van der Waals surface area contributed by atoms with E-state index in [1.165, 1.54) is 5.56 Å². The number of hydrogen-bond donors (Lipinski definition) is 2. The average Bonchev–Trinajstić information content (AvgIpc) is 2.77. The Morgan fingerprint density at radius 1 is 1.17 bits per heavy atom. The van der Waals surface area contributed by atoms with Gasteiger partial charge in [0.2, 0.25) is 0 Å². The van der Waals surface area contributed by atoms with Crippen molar-refractivity contribution in [2.45, 2.75) is 45.6 Å². The summed E-state index contributed by atoms with van der Waals surface area (Å²) in [7, 11) is 3.29. The van der Waals surface area contributed by atoms with Crippen LogP contribution in [0.3, 0.4) is 0 Å². The molecule has 1 saturated heterocycles. The van der Waals surface area contributed by atoms with Crippen LogP contribution in [0.2, 0.25) is 0 Å². The van der Waals surface area contributed by atoms with E-state index in [2.05, 4.69) is 23.6 Å². The second kappa shape index (κ2) is 12.8. The number of aryl methyl sites for hydroxylation is 1. The molecule has 1 aliphatic heterocycles. The van der Waals surface area contributed by atoms with Gasteiger partial charge in [0.05, 0.1) is 20.8 Å². The molecule has 168 valence electrons. The number of rotatable bonds is 9. The van der Waals surface area contributed by atoms with Crippen LogP contribution in [0.1, 0.15) is 38.7 Å². The molecule has 0 aromatic heterocycles. The van der Waals surface area contributed by atoms with Crippen LogP contribution in [0.25, 0.3) is 0 Å². The summed E-state index contributed by atoms with van der Waals surface area (Å²) in [6.07, 6.45) is 3.41. The number of carbonyl (C=O) groups excluding carboxylic acids is 1. The minimum atomic E-state index is -0.216. The largest absolute Gasteiger partial charge is 0.493 e. The fourth-order valence-corrected chi connectivity index (χ4v) is 3.44. The monoisotopic (exact) mass is 420 g/mol. The van der Waals surface area contributed by atoms with Gasteiger partial charge in [-0.15, -0.1) is 0 Å². The van der Waals surface area contributed by atoms with Crippen LogP contribution in [0.5, 0.6) is 11.5 Å². The third kappa shape index (κ3) is 7.31. The molecule has 1 aromatic carbocycles. The molecule has 0 spiro atoms. The van der Waals surface area contributed by atoms with E-state index >= 15 is 0 Å². The highest BCUT2D eigenvalue weighted by molar-refractivity contribution is 5.80. The van der Waals surface area contributed by atoms with E-state index in [4.69, 9.17) is 19.2 Å². The Hall–Kier alpha value is -2.64. The number of nitrogens with one attached hydrogen (secondary N) is 2. The molecule has 1 heterocycles. The molecule has 0 bridgehead atoms. The standard InChI is InChI=1S/C22H36N4O4/c1-5-23-21(25-18-11-14-26(15-12-18)22(27)30-6-2)24-13-7-8-17-9-10-19(28-3)20(16-17)29-4/h9-10,16,18H,5-8,11-15H2,1-4H3,(H2,23,24,25). The van der Waals surface area contributed by atoms with Gasteiger partial charge in [-0.25, -0.2) is 4.79 Å². The topological polar surface area (TPSA) is 84.4 Å². The zero-order valence-corrected chi connectivity index (χ0v) is 18.7. The number of aliphatic imine (C=N–C) groups is 1. The van der Waals surface area contributed by atoms with Crippen molar-refractivity contribution in [2.75, 3.05) is 47.0 Å². The molecule has 2 N–H and O–H groups in total. The molecule has 8 nitrogen and oxygen atoms in total. The van der Waals surface area contributed by atoms with E-state index in [1.54, 1.807) is 19.1 Å². The summed E-state index contributed by atoms with van der Waals surface area (Å²) in [5.74, 6) is 2.33. The molecule has 1 amide bonds. The van der Waals surface area contributed by atoms with Gasteiger partial charge < -0.3 is 29.7 Å². The van der Waals surface area contributed by atoms with E-state index in [9.17, 15) is 4.79 Å². The third-order valence-corrected chi connectivity index (χ3v) is 5.05. The Bertz CT molecular complexity index is 688. The Labute approximate surface area is 180 Å². The van der Waals surface area contributed by atoms with Crippen LogP contribution < -0.4 is 20.1 Å². The first-order valence-electron chi connectivity index (χ1n) is 10.8. The molecule has 0 saturated carbocycles. The van der Waals surface area contributed by atoms with Gasteiger partial charge in [0, 0.05) is 32.2 Å². The zero-order valence-electron chi connectivity index (χ0n) is 18.7. The van der Waals surface area contributed by atoms with Crippen LogP contribution in [0, 0.1) is 0 Å². The Kier molecular flexibility index (Phi) is 10.1. The number of methoxy groups -OCH3 is 2. The quantitative estimate of drug-likeness (QED) is 0.363. The smallest absolute Gasteiger partial charge is 0.409 e. The van der Waals surface area contributed by atoms with Gasteiger partial charge in [-0.1, -0.05) is 6.07 Å². The van der Waals surface area contributed by atoms with Crippen molar-refractivity contribution in [1.29, 1.82) is 0 Å². The molecule has 30 heavy (non-hydrogen) atoms. The second-order valence-electron chi connectivity index (χ2n) is 7.16. The van der Waals surface area contributed by atoms with Gasteiger partial charge in [0.1, 0.15) is 0 Å². The van der Waals surface area contributed by atoms with Crippen molar-refractivity contribution in [2.24, 2.45) is 4.99 Å². The lowest BCUT2D eigenvalue weighted by Crippen LogP contribution is -2.49. The molecule has 1 aromatic rings. The number of amides is 1. The maximum atomic E-state index is 11.8. The molecule has 8 heteroatoms. The van der Waals surface area contributed by atoms with Gasteiger partial charge in [-0.05, 0) is 57.2 Å². The van der Waals surface area contributed by atoms with Crippen molar-refractivity contribution < 1.29 is 19.0 Å². The van der Waals surface area contributed by atoms with Gasteiger partial charge in [-0.2, -0.15) is 0 Å². The van der Waals surface area contributed by atoms with Gasteiger partial charge in [0.15, 0.2) is 17.5 Å². The maximum absolute atomic E-state index is 11.8. The van der Waals surface area contributed by atoms with Gasteiger partial charge >= 0.3 is 6.09 Å². The van der Waals surface area contributed by atoms with Crippen LogP contribution in [-0.4, -0.2) is 70.0 Å². The summed E-state index contributed by atoms with van der Waals surface area (Å²) in [5, 5.41) is 6.82. The highest BCUT2D eigenvalue weighted by atomic mass is 16.6. The summed E-state index contributed by atoms with van der Waals surface area (Å²) in [5.41, 5.74) is 1.20. The Morgan fingerprint density at radius 2 is 1.90 bits per heavy atom. The number of hydrogen-bond acceptors (Lipinski definition) is 5. The summed E-state index contributed by atoms with van der Waals surface area (Å²) in [6, 6.07) is 6.32. The summed E-state index contributed by atoms with van der Waals surface area (Å²) in [4.78, 5) is 18.3. The second-order valence-corrected chi connectivity index (χ2v) is 7.16. The van der Waals surface area contributed by atoms with E-state index in [-0.39, 0.29) is 6.09 Å². The highest BCUT2D eigenvalue weighted by Gasteiger charge is 2.24. The molecular formula is C22H36N4O4. The molecule has 0 radical (unpaired) electrons. The van der Waals surface area contributed by atoms with Crippen LogP contribution in [0.15, 0.2) is 23.2 Å². The van der Waals surface area contributed by atoms with E-state index in [0.29, 0.717) is 25.7 Å². The van der Waals surface area contributed by atoms with Crippen molar-refractivity contribution >= 4 is 12.1 Å². The molecule has 0 unspecified atom stereocenters. The molecule has 2 rings (SSSR count). The number of likely N-dealkylation sites (tertiary alicyclic amines) is 1. The normalized spacial score (nSPS) is 14.9. The number of carbonyl (C=O) groups is 1. The molecule has 1 aliphatic rings. The highest BCUT2D eigenvalue weighted by Crippen LogP contribution is 2.27. The van der Waals surface area contributed by atoms with E-state index in [0.717, 1.165) is 56.2 Å². The Morgan fingerprint density at radius 3 is 2.53 bits per heavy atom. The van der Waals surface area contributed by atoms with Crippen molar-refractivity contribution in [3.05, 3.63) is 23.8 Å². The lowest BCUT2D eigenvalue weighted by Gasteiger charge is -2.32. The fourth-order valence-electron chi connectivity index (χ4n) is 3.44. The number of benzene rings is 1. The van der Waals surface area contributed by atoms with Gasteiger partial charge in [-0.3, -0.25) is 4.99 Å². The number of guanidine groups is 1. The van der Waals surface area contributed by atoms with Crippen molar-refractivity contribution in [3.8, 4) is 11.5 Å². The van der Waals surface area contributed by atoms with E-state index < -0.39 is 0 Å².